The highest BCUT2D eigenvalue weighted by Gasteiger charge is 2.57. The van der Waals surface area contributed by atoms with E-state index in [1.54, 1.807) is 0 Å². The second-order valence-corrected chi connectivity index (χ2v) is 9.68. The molecule has 2 rings (SSSR count). The predicted molar refractivity (Wildman–Crippen MR) is 135 cm³/mol. The Bertz CT molecular complexity index is 1090. The van der Waals surface area contributed by atoms with Crippen LogP contribution in [0.3, 0.4) is 0 Å². The molecule has 0 spiro atoms. The molecule has 18 nitrogen and oxygen atoms in total. The van der Waals surface area contributed by atoms with E-state index in [-0.39, 0.29) is 0 Å². The van der Waals surface area contributed by atoms with Crippen LogP contribution in [0.15, 0.2) is 0 Å². The quantitative estimate of drug-likeness (QED) is 0.203. The van der Waals surface area contributed by atoms with Gasteiger partial charge in [-0.15, -0.1) is 0 Å². The highest BCUT2D eigenvalue weighted by atomic mass is 16.8. The Hall–Kier alpha value is -3.87. The Morgan fingerprint density at radius 2 is 0.841 bits per heavy atom. The number of carbonyl (C=O) groups excluding carboxylic acids is 7. The lowest BCUT2D eigenvalue weighted by atomic mass is 9.96. The second kappa shape index (κ2) is 16.3. The SMILES string of the molecule is CC(=O)OC[C@H]1O[C@@H](O)[C@H](OC(C)=O)[C@@H](O[C@@H]2O[C@H](COC(C)=O)[C@H](OC(C)=O)[C@H](OC(C)=O)[C@H]2OC(C)=O)[C@H]1OC(C)=O. The molecule has 0 aliphatic carbocycles. The Labute approximate surface area is 251 Å². The molecule has 2 fully saturated rings. The van der Waals surface area contributed by atoms with E-state index in [9.17, 15) is 38.7 Å². The zero-order chi connectivity index (χ0) is 33.3. The number of rotatable bonds is 11. The van der Waals surface area contributed by atoms with Crippen molar-refractivity contribution in [3.63, 3.8) is 0 Å². The molecule has 0 saturated carbocycles. The smallest absolute Gasteiger partial charge is 0.303 e. The summed E-state index contributed by atoms with van der Waals surface area (Å²) in [5, 5.41) is 10.8. The van der Waals surface area contributed by atoms with Crippen LogP contribution < -0.4 is 0 Å². The monoisotopic (exact) mass is 636 g/mol. The van der Waals surface area contributed by atoms with Crippen LogP contribution in [-0.4, -0.2) is 122 Å². The number of aliphatic hydroxyl groups is 1. The van der Waals surface area contributed by atoms with Crippen molar-refractivity contribution < 1.29 is 86.0 Å². The first-order chi connectivity index (χ1) is 20.5. The minimum absolute atomic E-state index is 0.560. The molecule has 2 heterocycles. The largest absolute Gasteiger partial charge is 0.463 e. The lowest BCUT2D eigenvalue weighted by Crippen LogP contribution is -2.67. The Morgan fingerprint density at radius 1 is 0.477 bits per heavy atom. The first kappa shape index (κ1) is 36.3. The molecule has 0 unspecified atom stereocenters. The van der Waals surface area contributed by atoms with E-state index < -0.39 is 116 Å². The molecular weight excluding hydrogens is 600 g/mol. The summed E-state index contributed by atoms with van der Waals surface area (Å²) in [6, 6.07) is 0. The standard InChI is InChI=1S/C26H36O18/c1-10(27)35-8-17-19(37-12(3)29)21(23(25(34)42-17)40-15(6)32)44-26-24(41-16(7)33)22(39-14(5)31)20(38-13(4)30)18(43-26)9-36-11(2)28/h17-26,34H,8-9H2,1-7H3/t17-,18-,19+,20+,21+,22+,23-,24-,25-,26+/m1/s1. The molecule has 18 heteroatoms. The van der Waals surface area contributed by atoms with E-state index in [2.05, 4.69) is 0 Å². The summed E-state index contributed by atoms with van der Waals surface area (Å²) in [6.07, 6.45) is -16.4. The summed E-state index contributed by atoms with van der Waals surface area (Å²) < 4.78 is 54.0. The second-order valence-electron chi connectivity index (χ2n) is 9.68. The average molecular weight is 637 g/mol. The average Bonchev–Trinajstić information content (AvgIpc) is 2.87. The zero-order valence-corrected chi connectivity index (χ0v) is 25.1. The molecular formula is C26H36O18. The maximum atomic E-state index is 12.2. The molecule has 0 bridgehead atoms. The van der Waals surface area contributed by atoms with Crippen LogP contribution in [0.2, 0.25) is 0 Å². The Kier molecular flexibility index (Phi) is 13.4. The van der Waals surface area contributed by atoms with E-state index >= 15 is 0 Å². The van der Waals surface area contributed by atoms with Gasteiger partial charge in [-0.05, 0) is 0 Å². The molecule has 10 atom stereocenters. The van der Waals surface area contributed by atoms with Gasteiger partial charge in [0.2, 0.25) is 0 Å². The zero-order valence-electron chi connectivity index (χ0n) is 25.1. The van der Waals surface area contributed by atoms with E-state index in [0.717, 1.165) is 48.5 Å². The molecule has 2 aliphatic rings. The lowest BCUT2D eigenvalue weighted by molar-refractivity contribution is -0.357. The molecule has 2 saturated heterocycles. The normalized spacial score (nSPS) is 31.5. The van der Waals surface area contributed by atoms with Crippen LogP contribution in [0.5, 0.6) is 0 Å². The van der Waals surface area contributed by atoms with Gasteiger partial charge < -0.3 is 52.5 Å². The van der Waals surface area contributed by atoms with Gasteiger partial charge in [-0.1, -0.05) is 0 Å². The fourth-order valence-corrected chi connectivity index (χ4v) is 4.49. The number of esters is 7. The van der Waals surface area contributed by atoms with Gasteiger partial charge in [-0.2, -0.15) is 0 Å². The molecule has 1 N–H and O–H groups in total. The van der Waals surface area contributed by atoms with Gasteiger partial charge in [0.1, 0.15) is 31.5 Å². The maximum Gasteiger partial charge on any atom is 0.303 e. The van der Waals surface area contributed by atoms with Crippen molar-refractivity contribution in [2.75, 3.05) is 13.2 Å². The summed E-state index contributed by atoms with van der Waals surface area (Å²) >= 11 is 0. The van der Waals surface area contributed by atoms with Gasteiger partial charge in [0.05, 0.1) is 0 Å². The maximum absolute atomic E-state index is 12.2. The van der Waals surface area contributed by atoms with Crippen LogP contribution in [0.25, 0.3) is 0 Å². The van der Waals surface area contributed by atoms with E-state index in [4.69, 9.17) is 47.4 Å². The fraction of sp³-hybridized carbons (Fsp3) is 0.731. The molecule has 248 valence electrons. The molecule has 0 radical (unpaired) electrons. The number of ether oxygens (including phenoxy) is 10. The van der Waals surface area contributed by atoms with E-state index in [1.807, 2.05) is 0 Å². The highest BCUT2D eigenvalue weighted by molar-refractivity contribution is 5.69. The van der Waals surface area contributed by atoms with Crippen molar-refractivity contribution in [1.82, 2.24) is 0 Å². The van der Waals surface area contributed by atoms with Crippen molar-refractivity contribution in [2.45, 2.75) is 110 Å². The van der Waals surface area contributed by atoms with Gasteiger partial charge in [0, 0.05) is 48.5 Å². The minimum Gasteiger partial charge on any atom is -0.463 e. The first-order valence-corrected chi connectivity index (χ1v) is 13.3. The van der Waals surface area contributed by atoms with Gasteiger partial charge in [-0.25, -0.2) is 0 Å². The minimum atomic E-state index is -1.94. The molecule has 0 aromatic heterocycles. The van der Waals surface area contributed by atoms with E-state index in [0.29, 0.717) is 0 Å². The topological polar surface area (TPSA) is 232 Å². The van der Waals surface area contributed by atoms with Crippen LogP contribution >= 0.6 is 0 Å². The number of carbonyl (C=O) groups is 7. The number of hydrogen-bond acceptors (Lipinski definition) is 18. The molecule has 0 aromatic rings. The van der Waals surface area contributed by atoms with Gasteiger partial charge >= 0.3 is 41.8 Å². The fourth-order valence-electron chi connectivity index (χ4n) is 4.49. The number of hydrogen-bond donors (Lipinski definition) is 1. The summed E-state index contributed by atoms with van der Waals surface area (Å²) in [5.74, 6) is -6.03. The number of aliphatic hydroxyl groups excluding tert-OH is 1. The third-order valence-electron chi connectivity index (χ3n) is 5.90. The third kappa shape index (κ3) is 10.7. The summed E-state index contributed by atoms with van der Waals surface area (Å²) in [5.41, 5.74) is 0. The van der Waals surface area contributed by atoms with E-state index in [1.165, 1.54) is 0 Å². The van der Waals surface area contributed by atoms with Gasteiger partial charge in [-0.3, -0.25) is 33.6 Å². The van der Waals surface area contributed by atoms with Crippen molar-refractivity contribution in [1.29, 1.82) is 0 Å². The first-order valence-electron chi connectivity index (χ1n) is 13.3. The van der Waals surface area contributed by atoms with Crippen molar-refractivity contribution in [3.05, 3.63) is 0 Å². The Balaban J connectivity index is 2.66. The molecule has 44 heavy (non-hydrogen) atoms. The summed E-state index contributed by atoms with van der Waals surface area (Å²) in [6.45, 7) is 6.13. The predicted octanol–water partition coefficient (Wildman–Crippen LogP) is -1.40. The summed E-state index contributed by atoms with van der Waals surface area (Å²) in [7, 11) is 0. The van der Waals surface area contributed by atoms with Crippen molar-refractivity contribution in [2.24, 2.45) is 0 Å². The molecule has 2 aliphatic heterocycles. The van der Waals surface area contributed by atoms with Gasteiger partial charge in [0.15, 0.2) is 43.1 Å². The highest BCUT2D eigenvalue weighted by Crippen LogP contribution is 2.35. The molecule has 0 aromatic carbocycles. The van der Waals surface area contributed by atoms with Crippen molar-refractivity contribution in [3.8, 4) is 0 Å². The van der Waals surface area contributed by atoms with Crippen LogP contribution in [-0.2, 0) is 80.9 Å². The lowest BCUT2D eigenvalue weighted by Gasteiger charge is -2.48. The summed E-state index contributed by atoms with van der Waals surface area (Å²) in [4.78, 5) is 83.5. The van der Waals surface area contributed by atoms with Crippen LogP contribution in [0.1, 0.15) is 48.5 Å². The van der Waals surface area contributed by atoms with Crippen LogP contribution in [0.4, 0.5) is 0 Å². The third-order valence-corrected chi connectivity index (χ3v) is 5.90. The van der Waals surface area contributed by atoms with Gasteiger partial charge in [0.25, 0.3) is 0 Å². The Morgan fingerprint density at radius 3 is 1.27 bits per heavy atom. The molecule has 0 amide bonds. The van der Waals surface area contributed by atoms with Crippen LogP contribution in [0, 0.1) is 0 Å². The van der Waals surface area contributed by atoms with Crippen molar-refractivity contribution >= 4 is 41.8 Å².